The highest BCUT2D eigenvalue weighted by atomic mass is 19.1. The molecule has 0 aromatic heterocycles. The molecule has 0 aliphatic heterocycles. The van der Waals surface area contributed by atoms with E-state index in [1.165, 1.54) is 12.5 Å². The lowest BCUT2D eigenvalue weighted by molar-refractivity contribution is 0.203. The van der Waals surface area contributed by atoms with Gasteiger partial charge in [0.15, 0.2) is 0 Å². The van der Waals surface area contributed by atoms with Crippen LogP contribution in [0.1, 0.15) is 25.0 Å². The van der Waals surface area contributed by atoms with E-state index >= 15 is 0 Å². The van der Waals surface area contributed by atoms with Crippen molar-refractivity contribution in [2.75, 3.05) is 6.54 Å². The minimum Gasteiger partial charge on any atom is -0.327 e. The third-order valence-corrected chi connectivity index (χ3v) is 2.35. The van der Waals surface area contributed by atoms with Crippen LogP contribution in [0.15, 0.2) is 24.3 Å². The van der Waals surface area contributed by atoms with E-state index in [0.29, 0.717) is 5.56 Å². The Morgan fingerprint density at radius 2 is 1.85 bits per heavy atom. The summed E-state index contributed by atoms with van der Waals surface area (Å²) < 4.78 is 13.7. The van der Waals surface area contributed by atoms with E-state index in [9.17, 15) is 4.39 Å². The van der Waals surface area contributed by atoms with Gasteiger partial charge in [-0.2, -0.15) is 0 Å². The Bertz CT molecular complexity index is 264. The molecule has 72 valence electrons. The molecule has 1 atom stereocenters. The van der Waals surface area contributed by atoms with E-state index in [-0.39, 0.29) is 6.54 Å². The van der Waals surface area contributed by atoms with Crippen molar-refractivity contribution in [2.45, 2.75) is 25.9 Å². The zero-order valence-corrected chi connectivity index (χ0v) is 8.18. The second-order valence-corrected chi connectivity index (χ2v) is 3.45. The van der Waals surface area contributed by atoms with Gasteiger partial charge in [0.05, 0.1) is 0 Å². The molecule has 0 fully saturated rings. The van der Waals surface area contributed by atoms with Gasteiger partial charge in [-0.25, -0.2) is 4.39 Å². The molecule has 0 radical (unpaired) electrons. The number of hydrogen-bond donors (Lipinski definition) is 1. The smallest absolute Gasteiger partial charge is 0.145 e. The van der Waals surface area contributed by atoms with Crippen molar-refractivity contribution in [1.82, 2.24) is 0 Å². The van der Waals surface area contributed by atoms with Crippen LogP contribution in [0, 0.1) is 0 Å². The Labute approximate surface area is 78.8 Å². The molecule has 1 aromatic carbocycles. The Morgan fingerprint density at radius 1 is 1.31 bits per heavy atom. The topological polar surface area (TPSA) is 26.0 Å². The summed E-state index contributed by atoms with van der Waals surface area (Å²) in [7, 11) is 0. The van der Waals surface area contributed by atoms with Gasteiger partial charge in [-0.1, -0.05) is 31.2 Å². The van der Waals surface area contributed by atoms with Gasteiger partial charge in [-0.15, -0.1) is 0 Å². The standard InChI is InChI=1S/C11H16FN/c1-3-9-4-6-10(7-5-9)11(2,12)8-13/h4-7H,3,8,13H2,1-2H3/t11-/m1/s1. The summed E-state index contributed by atoms with van der Waals surface area (Å²) in [4.78, 5) is 0. The van der Waals surface area contributed by atoms with Crippen LogP contribution >= 0.6 is 0 Å². The van der Waals surface area contributed by atoms with Gasteiger partial charge < -0.3 is 5.73 Å². The van der Waals surface area contributed by atoms with Gasteiger partial charge in [0, 0.05) is 6.54 Å². The van der Waals surface area contributed by atoms with E-state index in [0.717, 1.165) is 6.42 Å². The van der Waals surface area contributed by atoms with Crippen LogP contribution in [-0.4, -0.2) is 6.54 Å². The highest BCUT2D eigenvalue weighted by Crippen LogP contribution is 2.24. The Kier molecular flexibility index (Phi) is 3.04. The highest BCUT2D eigenvalue weighted by Gasteiger charge is 2.22. The zero-order valence-electron chi connectivity index (χ0n) is 8.18. The summed E-state index contributed by atoms with van der Waals surface area (Å²) in [5.41, 5.74) is 5.82. The third-order valence-electron chi connectivity index (χ3n) is 2.35. The van der Waals surface area contributed by atoms with Gasteiger partial charge >= 0.3 is 0 Å². The zero-order chi connectivity index (χ0) is 9.90. The molecule has 0 aliphatic carbocycles. The van der Waals surface area contributed by atoms with Crippen LogP contribution in [0.2, 0.25) is 0 Å². The van der Waals surface area contributed by atoms with Gasteiger partial charge in [0.25, 0.3) is 0 Å². The molecule has 1 aromatic rings. The summed E-state index contributed by atoms with van der Waals surface area (Å²) in [6.07, 6.45) is 0.978. The molecule has 2 N–H and O–H groups in total. The first-order chi connectivity index (χ1) is 6.10. The van der Waals surface area contributed by atoms with Gasteiger partial charge in [0.2, 0.25) is 0 Å². The molecule has 0 aliphatic rings. The number of aryl methyl sites for hydroxylation is 1. The number of hydrogen-bond acceptors (Lipinski definition) is 1. The van der Waals surface area contributed by atoms with Crippen LogP contribution in [0.4, 0.5) is 4.39 Å². The molecule has 13 heavy (non-hydrogen) atoms. The van der Waals surface area contributed by atoms with E-state index in [4.69, 9.17) is 5.73 Å². The summed E-state index contributed by atoms with van der Waals surface area (Å²) in [6.45, 7) is 3.61. The molecule has 1 rings (SSSR count). The molecular formula is C11H16FN. The predicted octanol–water partition coefficient (Wildman–Crippen LogP) is 2.39. The maximum absolute atomic E-state index is 13.7. The third kappa shape index (κ3) is 2.28. The molecule has 0 bridgehead atoms. The minimum atomic E-state index is -1.40. The van der Waals surface area contributed by atoms with Crippen molar-refractivity contribution in [1.29, 1.82) is 0 Å². The first-order valence-electron chi connectivity index (χ1n) is 4.58. The first-order valence-corrected chi connectivity index (χ1v) is 4.58. The van der Waals surface area contributed by atoms with Crippen molar-refractivity contribution >= 4 is 0 Å². The van der Waals surface area contributed by atoms with E-state index < -0.39 is 5.67 Å². The van der Waals surface area contributed by atoms with Crippen molar-refractivity contribution < 1.29 is 4.39 Å². The number of halogens is 1. The SMILES string of the molecule is CCc1ccc([C@](C)(F)CN)cc1. The first kappa shape index (κ1) is 10.2. The molecule has 0 amide bonds. The van der Waals surface area contributed by atoms with Crippen molar-refractivity contribution in [3.63, 3.8) is 0 Å². The van der Waals surface area contributed by atoms with Gasteiger partial charge in [0.1, 0.15) is 5.67 Å². The lowest BCUT2D eigenvalue weighted by Gasteiger charge is -2.18. The molecule has 0 saturated carbocycles. The fraction of sp³-hybridized carbons (Fsp3) is 0.455. The summed E-state index contributed by atoms with van der Waals surface area (Å²) in [6, 6.07) is 7.52. The lowest BCUT2D eigenvalue weighted by Crippen LogP contribution is -2.26. The molecule has 0 unspecified atom stereocenters. The Hall–Kier alpha value is -0.890. The minimum absolute atomic E-state index is 0.0263. The maximum Gasteiger partial charge on any atom is 0.145 e. The quantitative estimate of drug-likeness (QED) is 0.761. The van der Waals surface area contributed by atoms with Crippen LogP contribution in [0.5, 0.6) is 0 Å². The average molecular weight is 181 g/mol. The van der Waals surface area contributed by atoms with E-state index in [1.807, 2.05) is 24.3 Å². The second-order valence-electron chi connectivity index (χ2n) is 3.45. The van der Waals surface area contributed by atoms with Crippen LogP contribution in [-0.2, 0) is 12.1 Å². The summed E-state index contributed by atoms with van der Waals surface area (Å²) in [5.74, 6) is 0. The van der Waals surface area contributed by atoms with Crippen LogP contribution < -0.4 is 5.73 Å². The highest BCUT2D eigenvalue weighted by molar-refractivity contribution is 5.27. The summed E-state index contributed by atoms with van der Waals surface area (Å²) in [5, 5.41) is 0. The van der Waals surface area contributed by atoms with Crippen molar-refractivity contribution in [3.05, 3.63) is 35.4 Å². The molecular weight excluding hydrogens is 165 g/mol. The fourth-order valence-corrected chi connectivity index (χ4v) is 1.21. The lowest BCUT2D eigenvalue weighted by atomic mass is 9.97. The molecule has 0 saturated heterocycles. The second kappa shape index (κ2) is 3.88. The largest absolute Gasteiger partial charge is 0.327 e. The number of rotatable bonds is 3. The predicted molar refractivity (Wildman–Crippen MR) is 53.3 cm³/mol. The summed E-state index contributed by atoms with van der Waals surface area (Å²) >= 11 is 0. The number of benzene rings is 1. The van der Waals surface area contributed by atoms with Crippen LogP contribution in [0.25, 0.3) is 0 Å². The normalized spacial score (nSPS) is 15.4. The molecule has 0 spiro atoms. The molecule has 1 nitrogen and oxygen atoms in total. The molecule has 2 heteroatoms. The maximum atomic E-state index is 13.7. The number of nitrogens with two attached hydrogens (primary N) is 1. The van der Waals surface area contributed by atoms with Gasteiger partial charge in [-0.05, 0) is 24.5 Å². The fourth-order valence-electron chi connectivity index (χ4n) is 1.21. The monoisotopic (exact) mass is 181 g/mol. The Balaban J connectivity index is 2.92. The average Bonchev–Trinajstić information content (AvgIpc) is 2.18. The van der Waals surface area contributed by atoms with Crippen molar-refractivity contribution in [2.24, 2.45) is 5.73 Å². The Morgan fingerprint density at radius 3 is 2.23 bits per heavy atom. The molecule has 0 heterocycles. The van der Waals surface area contributed by atoms with E-state index in [1.54, 1.807) is 0 Å². The van der Waals surface area contributed by atoms with E-state index in [2.05, 4.69) is 6.92 Å². The van der Waals surface area contributed by atoms with Crippen LogP contribution in [0.3, 0.4) is 0 Å². The van der Waals surface area contributed by atoms with Gasteiger partial charge in [-0.3, -0.25) is 0 Å². The number of alkyl halides is 1. The van der Waals surface area contributed by atoms with Crippen molar-refractivity contribution in [3.8, 4) is 0 Å².